The second kappa shape index (κ2) is 12.1. The minimum Gasteiger partial charge on any atom is -0.497 e. The lowest BCUT2D eigenvalue weighted by Gasteiger charge is -2.34. The molecule has 0 saturated carbocycles. The predicted octanol–water partition coefficient (Wildman–Crippen LogP) is 6.17. The van der Waals surface area contributed by atoms with Gasteiger partial charge in [0.15, 0.2) is 5.65 Å². The van der Waals surface area contributed by atoms with E-state index in [1.165, 1.54) is 12.1 Å². The number of likely N-dealkylation sites (tertiary alicyclic amines) is 1. The van der Waals surface area contributed by atoms with E-state index >= 15 is 0 Å². The first-order valence-electron chi connectivity index (χ1n) is 14.1. The average molecular weight is 573 g/mol. The van der Waals surface area contributed by atoms with E-state index in [9.17, 15) is 14.7 Å². The Kier molecular flexibility index (Phi) is 8.33. The fourth-order valence-corrected chi connectivity index (χ4v) is 5.18. The van der Waals surface area contributed by atoms with Crippen LogP contribution in [0.4, 0.5) is 4.79 Å². The van der Waals surface area contributed by atoms with Gasteiger partial charge >= 0.3 is 12.1 Å². The van der Waals surface area contributed by atoms with Gasteiger partial charge in [-0.05, 0) is 94.0 Å². The highest BCUT2D eigenvalue weighted by Gasteiger charge is 2.29. The minimum atomic E-state index is -0.997. The normalized spacial score (nSPS) is 15.4. The first kappa shape index (κ1) is 28.9. The van der Waals surface area contributed by atoms with Crippen LogP contribution in [0.3, 0.4) is 0 Å². The van der Waals surface area contributed by atoms with Crippen LogP contribution < -0.4 is 9.47 Å². The first-order chi connectivity index (χ1) is 20.1. The van der Waals surface area contributed by atoms with Crippen LogP contribution in [0.2, 0.25) is 0 Å². The van der Waals surface area contributed by atoms with Gasteiger partial charge in [0.2, 0.25) is 0 Å². The fraction of sp³-hybridized carbons (Fsp3) is 0.375. The molecule has 1 N–H and O–H groups in total. The Morgan fingerprint density at radius 2 is 1.74 bits per heavy atom. The van der Waals surface area contributed by atoms with E-state index in [1.54, 1.807) is 36.4 Å². The van der Waals surface area contributed by atoms with Gasteiger partial charge in [-0.15, -0.1) is 0 Å². The molecule has 1 aliphatic heterocycles. The zero-order chi connectivity index (χ0) is 29.9. The van der Waals surface area contributed by atoms with E-state index in [0.717, 1.165) is 35.2 Å². The second-order valence-electron chi connectivity index (χ2n) is 11.5. The molecule has 1 amide bonds. The fourth-order valence-electron chi connectivity index (χ4n) is 5.18. The molecule has 0 spiro atoms. The number of methoxy groups -OCH3 is 1. The lowest BCUT2D eigenvalue weighted by molar-refractivity contribution is 0.0165. The van der Waals surface area contributed by atoms with Crippen molar-refractivity contribution in [2.75, 3.05) is 20.2 Å². The van der Waals surface area contributed by atoms with Crippen molar-refractivity contribution in [3.63, 3.8) is 0 Å². The number of carbonyl (C=O) groups excluding carboxylic acids is 1. The molecule has 1 aliphatic rings. The molecule has 3 heterocycles. The summed E-state index contributed by atoms with van der Waals surface area (Å²) in [6, 6.07) is 15.9. The number of fused-ring (bicyclic) bond motifs is 1. The summed E-state index contributed by atoms with van der Waals surface area (Å²) in [5.74, 6) is 1.05. The molecule has 220 valence electrons. The second-order valence-corrected chi connectivity index (χ2v) is 11.5. The van der Waals surface area contributed by atoms with E-state index in [4.69, 9.17) is 19.3 Å². The summed E-state index contributed by atoms with van der Waals surface area (Å²) in [6.07, 6.45) is 3.86. The number of piperidine rings is 1. The zero-order valence-electron chi connectivity index (χ0n) is 24.4. The van der Waals surface area contributed by atoms with Gasteiger partial charge in [-0.3, -0.25) is 0 Å². The largest absolute Gasteiger partial charge is 0.497 e. The number of ether oxygens (including phenoxy) is 3. The molecular formula is C32H36N4O6. The van der Waals surface area contributed by atoms with Crippen LogP contribution in [0.1, 0.15) is 55.2 Å². The molecule has 0 radical (unpaired) electrons. The Balaban J connectivity index is 1.47. The Morgan fingerprint density at radius 1 is 1.02 bits per heavy atom. The van der Waals surface area contributed by atoms with Crippen molar-refractivity contribution < 1.29 is 28.9 Å². The van der Waals surface area contributed by atoms with Gasteiger partial charge in [0.25, 0.3) is 0 Å². The number of hydrogen-bond donors (Lipinski definition) is 1. The topological polar surface area (TPSA) is 116 Å². The van der Waals surface area contributed by atoms with Gasteiger partial charge in [0.05, 0.1) is 30.3 Å². The number of aromatic nitrogens is 3. The number of carboxylic acids is 1. The van der Waals surface area contributed by atoms with Crippen molar-refractivity contribution in [3.8, 4) is 17.2 Å². The van der Waals surface area contributed by atoms with E-state index in [1.807, 2.05) is 49.7 Å². The third-order valence-corrected chi connectivity index (χ3v) is 7.14. The van der Waals surface area contributed by atoms with Crippen LogP contribution in [-0.2, 0) is 17.7 Å². The summed E-state index contributed by atoms with van der Waals surface area (Å²) in [4.78, 5) is 30.6. The molecule has 5 rings (SSSR count). The number of carboxylic acid groups (broad SMARTS) is 1. The summed E-state index contributed by atoms with van der Waals surface area (Å²) in [6.45, 7) is 7.36. The maximum Gasteiger partial charge on any atom is 0.410 e. The zero-order valence-corrected chi connectivity index (χ0v) is 24.4. The van der Waals surface area contributed by atoms with Crippen molar-refractivity contribution in [2.45, 2.75) is 52.2 Å². The number of nitrogens with zero attached hydrogens (tertiary/aromatic N) is 4. The highest BCUT2D eigenvalue weighted by Crippen LogP contribution is 2.34. The first-order valence-corrected chi connectivity index (χ1v) is 14.1. The van der Waals surface area contributed by atoms with Crippen molar-refractivity contribution in [1.82, 2.24) is 19.7 Å². The van der Waals surface area contributed by atoms with Crippen molar-refractivity contribution >= 4 is 23.1 Å². The SMILES string of the molecule is COc1ccc(Cn2nc(C[C@@H]3CCCN(C(=O)OC(C)(C)C)C3)c3c(Oc4ccc(C(=O)O)cc4)ccnc32)cc1. The molecule has 4 aromatic rings. The van der Waals surface area contributed by atoms with Crippen LogP contribution in [0.15, 0.2) is 60.8 Å². The quantitative estimate of drug-likeness (QED) is 0.267. The van der Waals surface area contributed by atoms with Gasteiger partial charge in [-0.25, -0.2) is 19.3 Å². The van der Waals surface area contributed by atoms with E-state index in [-0.39, 0.29) is 17.6 Å². The summed E-state index contributed by atoms with van der Waals surface area (Å²) in [5.41, 5.74) is 2.18. The van der Waals surface area contributed by atoms with Crippen molar-refractivity contribution in [3.05, 3.63) is 77.6 Å². The lowest BCUT2D eigenvalue weighted by Crippen LogP contribution is -2.43. The summed E-state index contributed by atoms with van der Waals surface area (Å²) in [5, 5.41) is 15.1. The highest BCUT2D eigenvalue weighted by molar-refractivity contribution is 5.88. The monoisotopic (exact) mass is 572 g/mol. The van der Waals surface area contributed by atoms with Crippen LogP contribution in [0.25, 0.3) is 11.0 Å². The molecule has 0 unspecified atom stereocenters. The highest BCUT2D eigenvalue weighted by atomic mass is 16.6. The smallest absolute Gasteiger partial charge is 0.410 e. The Morgan fingerprint density at radius 3 is 2.40 bits per heavy atom. The molecule has 42 heavy (non-hydrogen) atoms. The third kappa shape index (κ3) is 6.82. The molecule has 1 saturated heterocycles. The van der Waals surface area contributed by atoms with Crippen LogP contribution >= 0.6 is 0 Å². The molecule has 2 aromatic heterocycles. The molecular weight excluding hydrogens is 536 g/mol. The minimum absolute atomic E-state index is 0.182. The predicted molar refractivity (Wildman–Crippen MR) is 157 cm³/mol. The third-order valence-electron chi connectivity index (χ3n) is 7.14. The number of pyridine rings is 1. The van der Waals surface area contributed by atoms with Gasteiger partial charge in [0.1, 0.15) is 22.8 Å². The number of benzene rings is 2. The Labute approximate surface area is 244 Å². The number of hydrogen-bond acceptors (Lipinski definition) is 7. The number of carbonyl (C=O) groups is 2. The van der Waals surface area contributed by atoms with Gasteiger partial charge in [0, 0.05) is 19.3 Å². The Bertz CT molecular complexity index is 1560. The molecule has 1 fully saturated rings. The Hall–Kier alpha value is -4.60. The summed E-state index contributed by atoms with van der Waals surface area (Å²) < 4.78 is 19.1. The molecule has 0 aliphatic carbocycles. The maximum absolute atomic E-state index is 12.8. The molecule has 10 nitrogen and oxygen atoms in total. The maximum atomic E-state index is 12.8. The van der Waals surface area contributed by atoms with Crippen LogP contribution in [0, 0.1) is 5.92 Å². The molecule has 10 heteroatoms. The van der Waals surface area contributed by atoms with E-state index in [0.29, 0.717) is 43.2 Å². The average Bonchev–Trinajstić information content (AvgIpc) is 3.30. The number of aromatic carboxylic acids is 1. The van der Waals surface area contributed by atoms with Crippen LogP contribution in [0.5, 0.6) is 17.2 Å². The van der Waals surface area contributed by atoms with Crippen molar-refractivity contribution in [1.29, 1.82) is 0 Å². The summed E-state index contributed by atoms with van der Waals surface area (Å²) in [7, 11) is 1.64. The standard InChI is InChI=1S/C32H36N4O6/c1-32(2,3)42-31(39)35-17-5-6-22(19-35)18-26-28-27(41-25-13-9-23(10-14-25)30(37)38)15-16-33-29(28)36(34-26)20-21-7-11-24(40-4)12-8-21/h7-16,22H,5-6,17-20H2,1-4H3,(H,37,38)/t22-/m0/s1. The van der Waals surface area contributed by atoms with Crippen LogP contribution in [-0.4, -0.2) is 62.6 Å². The molecule has 0 bridgehead atoms. The lowest BCUT2D eigenvalue weighted by atomic mass is 9.93. The van der Waals surface area contributed by atoms with Gasteiger partial charge in [-0.1, -0.05) is 12.1 Å². The van der Waals surface area contributed by atoms with E-state index < -0.39 is 11.6 Å². The van der Waals surface area contributed by atoms with Gasteiger partial charge < -0.3 is 24.2 Å². The van der Waals surface area contributed by atoms with Crippen molar-refractivity contribution in [2.24, 2.45) is 5.92 Å². The number of rotatable bonds is 8. The van der Waals surface area contributed by atoms with Gasteiger partial charge in [-0.2, -0.15) is 5.10 Å². The molecule has 1 atom stereocenters. The van der Waals surface area contributed by atoms with E-state index in [2.05, 4.69) is 4.98 Å². The number of amides is 1. The summed E-state index contributed by atoms with van der Waals surface area (Å²) >= 11 is 0. The molecule has 2 aromatic carbocycles.